The molecule has 4 rings (SSSR count). The van der Waals surface area contributed by atoms with Gasteiger partial charge in [-0.25, -0.2) is 9.36 Å². The van der Waals surface area contributed by atoms with Crippen LogP contribution in [0.5, 0.6) is 5.75 Å². The van der Waals surface area contributed by atoms with Gasteiger partial charge in [-0.05, 0) is 93.1 Å². The molecule has 3 aliphatic carbocycles. The molecule has 1 aromatic carbocycles. The topological polar surface area (TPSA) is 108 Å². The summed E-state index contributed by atoms with van der Waals surface area (Å²) < 4.78 is 22.2. The van der Waals surface area contributed by atoms with Crippen molar-refractivity contribution in [2.45, 2.75) is 70.8 Å². The Kier molecular flexibility index (Phi) is 7.87. The van der Waals surface area contributed by atoms with Crippen molar-refractivity contribution in [2.75, 3.05) is 27.2 Å². The minimum absolute atomic E-state index is 0.0208. The number of amides is 1. The number of fused-ring (bicyclic) bond motifs is 5. The summed E-state index contributed by atoms with van der Waals surface area (Å²) in [5.41, 5.74) is 2.44. The highest BCUT2D eigenvalue weighted by Gasteiger charge is 2.58. The number of carbonyl (C=O) groups is 1. The van der Waals surface area contributed by atoms with E-state index in [4.69, 9.17) is 9.26 Å². The summed E-state index contributed by atoms with van der Waals surface area (Å²) in [4.78, 5) is 33.0. The Bertz CT molecular complexity index is 965. The third-order valence-corrected chi connectivity index (χ3v) is 9.20. The number of hydrogen-bond donors (Lipinski definition) is 3. The number of nitrogens with one attached hydrogen (secondary N) is 1. The fourth-order valence-electron chi connectivity index (χ4n) is 7.31. The first-order chi connectivity index (χ1) is 16.5. The molecular formula is C26H41N2O6P. The molecule has 1 aromatic rings. The van der Waals surface area contributed by atoms with Crippen LogP contribution < -0.4 is 9.84 Å². The van der Waals surface area contributed by atoms with Gasteiger partial charge in [-0.1, -0.05) is 32.8 Å². The average molecular weight is 509 g/mol. The lowest BCUT2D eigenvalue weighted by atomic mass is 9.52. The Morgan fingerprint density at radius 1 is 1.26 bits per heavy atom. The fraction of sp³-hybridized carbons (Fsp3) is 0.731. The molecule has 0 bridgehead atoms. The molecule has 0 aliphatic heterocycles. The quantitative estimate of drug-likeness (QED) is 0.437. The Morgan fingerprint density at radius 3 is 2.71 bits per heavy atom. The van der Waals surface area contributed by atoms with Gasteiger partial charge in [0.15, 0.2) is 0 Å². The summed E-state index contributed by atoms with van der Waals surface area (Å²) in [5, 5.41) is 2.90. The average Bonchev–Trinajstić information content (AvgIpc) is 3.08. The van der Waals surface area contributed by atoms with Gasteiger partial charge in [0.2, 0.25) is 0 Å². The van der Waals surface area contributed by atoms with E-state index in [-0.39, 0.29) is 23.4 Å². The highest BCUT2D eigenvalue weighted by Crippen LogP contribution is 2.63. The van der Waals surface area contributed by atoms with Crippen LogP contribution in [0.15, 0.2) is 18.2 Å². The van der Waals surface area contributed by atoms with Crippen LogP contribution in [-0.2, 0) is 15.7 Å². The molecule has 0 aromatic heterocycles. The smallest absolute Gasteiger partial charge is 0.446 e. The minimum atomic E-state index is -4.58. The van der Waals surface area contributed by atoms with Crippen molar-refractivity contribution in [3.8, 4) is 5.75 Å². The van der Waals surface area contributed by atoms with Crippen LogP contribution in [0.2, 0.25) is 0 Å². The van der Waals surface area contributed by atoms with Crippen LogP contribution in [0.4, 0.5) is 4.79 Å². The van der Waals surface area contributed by atoms with E-state index in [2.05, 4.69) is 19.2 Å². The van der Waals surface area contributed by atoms with E-state index in [9.17, 15) is 19.1 Å². The van der Waals surface area contributed by atoms with Gasteiger partial charge in [-0.15, -0.1) is 0 Å². The molecule has 6 atom stereocenters. The fourth-order valence-corrected chi connectivity index (χ4v) is 7.70. The lowest BCUT2D eigenvalue weighted by Crippen LogP contribution is -2.48. The lowest BCUT2D eigenvalue weighted by Gasteiger charge is -2.53. The van der Waals surface area contributed by atoms with Gasteiger partial charge >= 0.3 is 13.9 Å². The predicted octanol–water partition coefficient (Wildman–Crippen LogP) is 4.70. The first-order valence-electron chi connectivity index (χ1n) is 13.0. The van der Waals surface area contributed by atoms with Crippen molar-refractivity contribution < 1.29 is 28.4 Å². The summed E-state index contributed by atoms with van der Waals surface area (Å²) in [6.45, 7) is 5.90. The second-order valence-corrected chi connectivity index (χ2v) is 12.4. The van der Waals surface area contributed by atoms with E-state index in [1.165, 1.54) is 5.56 Å². The van der Waals surface area contributed by atoms with Crippen molar-refractivity contribution in [3.63, 3.8) is 0 Å². The normalized spacial score (nSPS) is 31.9. The molecule has 2 fully saturated rings. The minimum Gasteiger partial charge on any atom is -0.446 e. The summed E-state index contributed by atoms with van der Waals surface area (Å²) in [5.74, 6) is 2.18. The summed E-state index contributed by atoms with van der Waals surface area (Å²) in [6.07, 6.45) is 6.76. The highest BCUT2D eigenvalue weighted by atomic mass is 31.2. The number of phosphoric ester groups is 1. The predicted molar refractivity (Wildman–Crippen MR) is 134 cm³/mol. The molecule has 3 N–H and O–H groups in total. The third-order valence-electron chi connectivity index (χ3n) is 8.75. The molecule has 0 saturated heterocycles. The second kappa shape index (κ2) is 10.4. The zero-order chi connectivity index (χ0) is 25.4. The molecule has 0 heterocycles. The third kappa shape index (κ3) is 5.71. The monoisotopic (exact) mass is 508 g/mol. The van der Waals surface area contributed by atoms with E-state index in [1.807, 2.05) is 31.1 Å². The number of alkyl carbamates (subject to hydrolysis) is 1. The van der Waals surface area contributed by atoms with Gasteiger partial charge < -0.3 is 19.5 Å². The summed E-state index contributed by atoms with van der Waals surface area (Å²) >= 11 is 0. The molecule has 0 radical (unpaired) electrons. The SMILES string of the molecule is CCC[C@@H]1Cc2cc(OP(=O)(O)O)ccc2[C@H]2CC[C@]3(C)[C@@H](OC(=O)NCCN(C)C)CC[C@H]3[C@H]12. The van der Waals surface area contributed by atoms with E-state index >= 15 is 0 Å². The Balaban J connectivity index is 1.53. The summed E-state index contributed by atoms with van der Waals surface area (Å²) in [7, 11) is -0.623. The molecule has 1 amide bonds. The Morgan fingerprint density at radius 2 is 2.03 bits per heavy atom. The standard InChI is InChI=1S/C26H41N2O6P/c1-5-6-17-15-18-16-19(34-35(30,31)32)7-8-20(18)21-11-12-26(2)22(24(17)21)9-10-23(26)33-25(29)27-13-14-28(3)4/h7-8,16-17,21-24H,5-6,9-15H2,1-4H3,(H,27,29)(H2,30,31,32)/t17-,21-,22+,23+,24-,26+/m1/s1. The number of phosphoric acid groups is 1. The van der Waals surface area contributed by atoms with Gasteiger partial charge in [0.05, 0.1) is 0 Å². The number of nitrogens with zero attached hydrogens (tertiary/aromatic N) is 1. The molecule has 2 saturated carbocycles. The molecular weight excluding hydrogens is 467 g/mol. The van der Waals surface area contributed by atoms with Gasteiger partial charge in [-0.2, -0.15) is 0 Å². The number of rotatable bonds is 8. The maximum atomic E-state index is 12.5. The van der Waals surface area contributed by atoms with Crippen LogP contribution in [-0.4, -0.2) is 54.1 Å². The first kappa shape index (κ1) is 26.5. The largest absolute Gasteiger partial charge is 0.524 e. The molecule has 35 heavy (non-hydrogen) atoms. The highest BCUT2D eigenvalue weighted by molar-refractivity contribution is 7.46. The van der Waals surface area contributed by atoms with Gasteiger partial charge in [0.1, 0.15) is 11.9 Å². The van der Waals surface area contributed by atoms with E-state index in [1.54, 1.807) is 6.07 Å². The maximum absolute atomic E-state index is 12.5. The Labute approximate surface area is 209 Å². The Hall–Kier alpha value is -1.60. The van der Waals surface area contributed by atoms with E-state index in [0.717, 1.165) is 57.1 Å². The first-order valence-corrected chi connectivity index (χ1v) is 14.5. The van der Waals surface area contributed by atoms with Crippen LogP contribution in [0.3, 0.4) is 0 Å². The van der Waals surface area contributed by atoms with Gasteiger partial charge in [0, 0.05) is 18.5 Å². The number of likely N-dealkylation sites (N-methyl/N-ethyl adjacent to an activating group) is 1. The number of carbonyl (C=O) groups excluding carboxylic acids is 1. The molecule has 0 unspecified atom stereocenters. The molecule has 196 valence electrons. The lowest BCUT2D eigenvalue weighted by molar-refractivity contribution is -0.0456. The van der Waals surface area contributed by atoms with Gasteiger partial charge in [0.25, 0.3) is 0 Å². The van der Waals surface area contributed by atoms with Crippen LogP contribution in [0, 0.1) is 23.2 Å². The van der Waals surface area contributed by atoms with Crippen LogP contribution >= 0.6 is 7.82 Å². The van der Waals surface area contributed by atoms with Crippen molar-refractivity contribution in [1.82, 2.24) is 10.2 Å². The zero-order valence-corrected chi connectivity index (χ0v) is 22.3. The number of ether oxygens (including phenoxy) is 1. The van der Waals surface area contributed by atoms with Crippen molar-refractivity contribution in [1.29, 1.82) is 0 Å². The number of hydrogen-bond acceptors (Lipinski definition) is 5. The maximum Gasteiger partial charge on any atom is 0.524 e. The van der Waals surface area contributed by atoms with Crippen LogP contribution in [0.1, 0.15) is 69.4 Å². The number of benzene rings is 1. The molecule has 9 heteroatoms. The summed E-state index contributed by atoms with van der Waals surface area (Å²) in [6, 6.07) is 5.55. The van der Waals surface area contributed by atoms with Crippen molar-refractivity contribution >= 4 is 13.9 Å². The van der Waals surface area contributed by atoms with E-state index < -0.39 is 7.82 Å². The second-order valence-electron chi connectivity index (χ2n) is 11.2. The zero-order valence-electron chi connectivity index (χ0n) is 21.4. The van der Waals surface area contributed by atoms with Gasteiger partial charge in [-0.3, -0.25) is 9.79 Å². The van der Waals surface area contributed by atoms with E-state index in [0.29, 0.717) is 30.2 Å². The van der Waals surface area contributed by atoms with Crippen molar-refractivity contribution in [3.05, 3.63) is 29.3 Å². The molecule has 0 spiro atoms. The molecule has 8 nitrogen and oxygen atoms in total. The van der Waals surface area contributed by atoms with Crippen LogP contribution in [0.25, 0.3) is 0 Å². The molecule has 3 aliphatic rings. The van der Waals surface area contributed by atoms with Crippen molar-refractivity contribution in [2.24, 2.45) is 23.2 Å².